The molecule has 0 aliphatic carbocycles. The normalized spacial score (nSPS) is 12.2. The molecule has 0 saturated heterocycles. The summed E-state index contributed by atoms with van der Waals surface area (Å²) in [5.74, 6) is -1.17. The van der Waals surface area contributed by atoms with Crippen LogP contribution in [0.15, 0.2) is 6.20 Å². The molecule has 0 bridgehead atoms. The molecule has 1 heterocycles. The Morgan fingerprint density at radius 2 is 2.22 bits per heavy atom. The molecule has 0 radical (unpaired) electrons. The molecule has 1 aromatic rings. The van der Waals surface area contributed by atoms with E-state index in [0.29, 0.717) is 17.7 Å². The van der Waals surface area contributed by atoms with Crippen molar-refractivity contribution in [3.8, 4) is 0 Å². The number of carbonyl (C=O) groups excluding carboxylic acids is 1. The number of aromatic nitrogens is 2. The van der Waals surface area contributed by atoms with Gasteiger partial charge in [-0.05, 0) is 13.3 Å². The van der Waals surface area contributed by atoms with Crippen molar-refractivity contribution in [1.82, 2.24) is 15.1 Å². The first-order valence-corrected chi connectivity index (χ1v) is 5.97. The summed E-state index contributed by atoms with van der Waals surface area (Å²) < 4.78 is 1.57. The Bertz CT molecular complexity index is 440. The first-order chi connectivity index (χ1) is 8.43. The van der Waals surface area contributed by atoms with Gasteiger partial charge >= 0.3 is 5.97 Å². The lowest BCUT2D eigenvalue weighted by atomic mass is 10.1. The van der Waals surface area contributed by atoms with Crippen LogP contribution in [0, 0.1) is 6.92 Å². The third kappa shape index (κ3) is 3.87. The Kier molecular flexibility index (Phi) is 4.88. The Morgan fingerprint density at radius 3 is 2.67 bits per heavy atom. The molecule has 1 atom stereocenters. The Balaban J connectivity index is 2.71. The van der Waals surface area contributed by atoms with E-state index >= 15 is 0 Å². The molecule has 6 heteroatoms. The van der Waals surface area contributed by atoms with Crippen molar-refractivity contribution >= 4 is 11.9 Å². The number of rotatable bonds is 6. The van der Waals surface area contributed by atoms with E-state index in [1.165, 1.54) is 0 Å². The van der Waals surface area contributed by atoms with E-state index in [2.05, 4.69) is 10.4 Å². The summed E-state index contributed by atoms with van der Waals surface area (Å²) in [5.41, 5.74) is 1.13. The summed E-state index contributed by atoms with van der Waals surface area (Å²) in [6.45, 7) is 3.71. The largest absolute Gasteiger partial charge is 0.481 e. The summed E-state index contributed by atoms with van der Waals surface area (Å²) in [6.07, 6.45) is 3.05. The minimum Gasteiger partial charge on any atom is -0.481 e. The van der Waals surface area contributed by atoms with Crippen molar-refractivity contribution in [2.24, 2.45) is 7.05 Å². The molecule has 0 fully saturated rings. The second-order valence-electron chi connectivity index (χ2n) is 4.36. The lowest BCUT2D eigenvalue weighted by Crippen LogP contribution is -2.36. The summed E-state index contributed by atoms with van der Waals surface area (Å²) in [6, 6.07) is -0.334. The number of hydrogen-bond donors (Lipinski definition) is 2. The lowest BCUT2D eigenvalue weighted by molar-refractivity contribution is -0.137. The second kappa shape index (κ2) is 6.18. The number of nitrogens with zero attached hydrogens (tertiary/aromatic N) is 2. The van der Waals surface area contributed by atoms with Gasteiger partial charge in [0.05, 0.1) is 17.7 Å². The van der Waals surface area contributed by atoms with Crippen LogP contribution in [0.5, 0.6) is 0 Å². The lowest BCUT2D eigenvalue weighted by Gasteiger charge is -2.15. The molecule has 0 aliphatic heterocycles. The molecule has 100 valence electrons. The third-order valence-electron chi connectivity index (χ3n) is 2.65. The van der Waals surface area contributed by atoms with Crippen LogP contribution in [-0.4, -0.2) is 32.8 Å². The third-order valence-corrected chi connectivity index (χ3v) is 2.65. The number of carboxylic acids is 1. The van der Waals surface area contributed by atoms with Gasteiger partial charge in [-0.3, -0.25) is 14.3 Å². The van der Waals surface area contributed by atoms with Crippen LogP contribution in [0.1, 0.15) is 42.2 Å². The molecule has 0 aromatic carbocycles. The summed E-state index contributed by atoms with van der Waals surface area (Å²) in [4.78, 5) is 22.7. The number of aryl methyl sites for hydroxylation is 2. The van der Waals surface area contributed by atoms with Crippen molar-refractivity contribution in [2.45, 2.75) is 39.2 Å². The van der Waals surface area contributed by atoms with Gasteiger partial charge in [0.1, 0.15) is 0 Å². The Morgan fingerprint density at radius 1 is 1.56 bits per heavy atom. The number of aliphatic carboxylic acids is 1. The van der Waals surface area contributed by atoms with Crippen LogP contribution in [0.3, 0.4) is 0 Å². The fourth-order valence-corrected chi connectivity index (χ4v) is 1.87. The molecular formula is C12H19N3O3. The number of nitrogens with one attached hydrogen (secondary N) is 1. The van der Waals surface area contributed by atoms with E-state index in [4.69, 9.17) is 5.11 Å². The first kappa shape index (κ1) is 14.2. The Hall–Kier alpha value is -1.85. The molecule has 6 nitrogen and oxygen atoms in total. The highest BCUT2D eigenvalue weighted by molar-refractivity contribution is 5.95. The van der Waals surface area contributed by atoms with E-state index < -0.39 is 5.97 Å². The molecule has 1 rings (SSSR count). The van der Waals surface area contributed by atoms with Crippen molar-refractivity contribution < 1.29 is 14.7 Å². The maximum Gasteiger partial charge on any atom is 0.305 e. The number of amides is 1. The number of hydrogen-bond acceptors (Lipinski definition) is 3. The first-order valence-electron chi connectivity index (χ1n) is 5.97. The average Bonchev–Trinajstić information content (AvgIpc) is 2.57. The molecule has 18 heavy (non-hydrogen) atoms. The highest BCUT2D eigenvalue weighted by atomic mass is 16.4. The molecule has 0 saturated carbocycles. The van der Waals surface area contributed by atoms with Crippen LogP contribution >= 0.6 is 0 Å². The van der Waals surface area contributed by atoms with Gasteiger partial charge in [0.25, 0.3) is 5.91 Å². The van der Waals surface area contributed by atoms with Crippen LogP contribution < -0.4 is 5.32 Å². The zero-order chi connectivity index (χ0) is 13.7. The molecule has 1 unspecified atom stereocenters. The van der Waals surface area contributed by atoms with E-state index in [1.54, 1.807) is 24.9 Å². The van der Waals surface area contributed by atoms with Crippen LogP contribution in [0.25, 0.3) is 0 Å². The van der Waals surface area contributed by atoms with Crippen molar-refractivity contribution in [1.29, 1.82) is 0 Å². The predicted octanol–water partition coefficient (Wildman–Crippen LogP) is 1.10. The fraction of sp³-hybridized carbons (Fsp3) is 0.583. The smallest absolute Gasteiger partial charge is 0.305 e. The SMILES string of the molecule is CCCC(CC(=O)O)NC(=O)c1cn(C)nc1C. The van der Waals surface area contributed by atoms with Gasteiger partial charge in [0.2, 0.25) is 0 Å². The quantitative estimate of drug-likeness (QED) is 0.795. The highest BCUT2D eigenvalue weighted by Crippen LogP contribution is 2.08. The standard InChI is InChI=1S/C12H19N3O3/c1-4-5-9(6-11(16)17)13-12(18)10-7-15(3)14-8(10)2/h7,9H,4-6H2,1-3H3,(H,13,18)(H,16,17). The van der Waals surface area contributed by atoms with Gasteiger partial charge in [0.15, 0.2) is 0 Å². The van der Waals surface area contributed by atoms with E-state index in [1.807, 2.05) is 6.92 Å². The summed E-state index contributed by atoms with van der Waals surface area (Å²) >= 11 is 0. The van der Waals surface area contributed by atoms with E-state index in [9.17, 15) is 9.59 Å². The van der Waals surface area contributed by atoms with Gasteiger partial charge in [-0.15, -0.1) is 0 Å². The van der Waals surface area contributed by atoms with Crippen LogP contribution in [0.2, 0.25) is 0 Å². The molecule has 0 spiro atoms. The highest BCUT2D eigenvalue weighted by Gasteiger charge is 2.18. The Labute approximate surface area is 106 Å². The predicted molar refractivity (Wildman–Crippen MR) is 66.4 cm³/mol. The molecular weight excluding hydrogens is 234 g/mol. The molecule has 1 aromatic heterocycles. The van der Waals surface area contributed by atoms with E-state index in [-0.39, 0.29) is 18.4 Å². The summed E-state index contributed by atoms with van der Waals surface area (Å²) in [5, 5.41) is 15.6. The van der Waals surface area contributed by atoms with Crippen molar-refractivity contribution in [3.05, 3.63) is 17.5 Å². The monoisotopic (exact) mass is 253 g/mol. The minimum absolute atomic E-state index is 0.0567. The second-order valence-corrected chi connectivity index (χ2v) is 4.36. The average molecular weight is 253 g/mol. The summed E-state index contributed by atoms with van der Waals surface area (Å²) in [7, 11) is 1.74. The topological polar surface area (TPSA) is 84.2 Å². The van der Waals surface area contributed by atoms with Gasteiger partial charge in [-0.2, -0.15) is 5.10 Å². The van der Waals surface area contributed by atoms with Gasteiger partial charge < -0.3 is 10.4 Å². The molecule has 1 amide bonds. The van der Waals surface area contributed by atoms with Gasteiger partial charge in [0, 0.05) is 19.3 Å². The molecule has 0 aliphatic rings. The van der Waals surface area contributed by atoms with Gasteiger partial charge in [-0.25, -0.2) is 0 Å². The zero-order valence-electron chi connectivity index (χ0n) is 10.9. The number of carboxylic acid groups (broad SMARTS) is 1. The molecule has 2 N–H and O–H groups in total. The maximum atomic E-state index is 12.0. The van der Waals surface area contributed by atoms with Crippen LogP contribution in [-0.2, 0) is 11.8 Å². The fourth-order valence-electron chi connectivity index (χ4n) is 1.87. The minimum atomic E-state index is -0.906. The van der Waals surface area contributed by atoms with E-state index in [0.717, 1.165) is 6.42 Å². The van der Waals surface area contributed by atoms with Gasteiger partial charge in [-0.1, -0.05) is 13.3 Å². The number of carbonyl (C=O) groups is 2. The van der Waals surface area contributed by atoms with Crippen molar-refractivity contribution in [3.63, 3.8) is 0 Å². The zero-order valence-corrected chi connectivity index (χ0v) is 10.9. The maximum absolute atomic E-state index is 12.0. The van der Waals surface area contributed by atoms with Crippen LogP contribution in [0.4, 0.5) is 0 Å². The van der Waals surface area contributed by atoms with Crippen molar-refractivity contribution in [2.75, 3.05) is 0 Å².